The van der Waals surface area contributed by atoms with Crippen molar-refractivity contribution < 1.29 is 0 Å². The summed E-state index contributed by atoms with van der Waals surface area (Å²) < 4.78 is 5.44. The van der Waals surface area contributed by atoms with Gasteiger partial charge in [0.15, 0.2) is 17.5 Å². The van der Waals surface area contributed by atoms with E-state index in [1.54, 1.807) is 18.6 Å². The van der Waals surface area contributed by atoms with Crippen molar-refractivity contribution in [1.82, 2.24) is 44.3 Å². The lowest BCUT2D eigenvalue weighted by Gasteiger charge is -2.11. The molecule has 186 valence electrons. The Morgan fingerprint density at radius 3 is 1.00 bits per heavy atom. The topological polar surface area (TPSA) is 92.1 Å². The Bertz CT molecular complexity index is 1620. The van der Waals surface area contributed by atoms with Crippen molar-refractivity contribution in [2.75, 3.05) is 0 Å². The fourth-order valence-electron chi connectivity index (χ4n) is 4.39. The molecule has 0 atom stereocenters. The molecular weight excluding hydrogens is 486 g/mol. The molecule has 0 spiro atoms. The van der Waals surface area contributed by atoms with Gasteiger partial charge in [0.1, 0.15) is 0 Å². The number of nitrogens with zero attached hydrogens (tertiary/aromatic N) is 9. The van der Waals surface area contributed by atoms with Crippen molar-refractivity contribution >= 4 is 0 Å². The van der Waals surface area contributed by atoms with Gasteiger partial charge in [-0.05, 0) is 54.6 Å². The minimum Gasteiger partial charge on any atom is -0.241 e. The van der Waals surface area contributed by atoms with Crippen molar-refractivity contribution in [3.63, 3.8) is 0 Å². The molecule has 0 unspecified atom stereocenters. The maximum atomic E-state index is 4.92. The third-order valence-electron chi connectivity index (χ3n) is 6.26. The number of rotatable bonds is 6. The molecule has 4 aromatic heterocycles. The molecule has 0 fully saturated rings. The van der Waals surface area contributed by atoms with Crippen LogP contribution in [0.5, 0.6) is 0 Å². The molecule has 3 aromatic carbocycles. The average Bonchev–Trinajstić information content (AvgIpc) is 3.81. The van der Waals surface area contributed by atoms with Crippen LogP contribution in [-0.2, 0) is 0 Å². The quantitative estimate of drug-likeness (QED) is 0.298. The molecule has 39 heavy (non-hydrogen) atoms. The highest BCUT2D eigenvalue weighted by Gasteiger charge is 2.14. The molecule has 0 N–H and O–H groups in total. The monoisotopic (exact) mass is 507 g/mol. The lowest BCUT2D eigenvalue weighted by Crippen LogP contribution is -2.02. The lowest BCUT2D eigenvalue weighted by molar-refractivity contribution is 0.879. The van der Waals surface area contributed by atoms with Crippen molar-refractivity contribution in [1.29, 1.82) is 0 Å². The molecule has 0 aliphatic carbocycles. The molecule has 7 aromatic rings. The van der Waals surface area contributed by atoms with Crippen molar-refractivity contribution in [2.24, 2.45) is 0 Å². The molecule has 0 radical (unpaired) electrons. The smallest absolute Gasteiger partial charge is 0.164 e. The van der Waals surface area contributed by atoms with Crippen LogP contribution in [0.4, 0.5) is 0 Å². The number of hydrogen-bond donors (Lipinski definition) is 0. The van der Waals surface area contributed by atoms with E-state index in [-0.39, 0.29) is 0 Å². The van der Waals surface area contributed by atoms with Crippen molar-refractivity contribution in [3.05, 3.63) is 128 Å². The predicted molar refractivity (Wildman–Crippen MR) is 148 cm³/mol. The summed E-state index contributed by atoms with van der Waals surface area (Å²) in [5, 5.41) is 13.1. The molecule has 0 saturated carbocycles. The van der Waals surface area contributed by atoms with Gasteiger partial charge < -0.3 is 0 Å². The number of hydrogen-bond acceptors (Lipinski definition) is 6. The van der Waals surface area contributed by atoms with Gasteiger partial charge in [-0.1, -0.05) is 36.4 Å². The Morgan fingerprint density at radius 1 is 0.385 bits per heavy atom. The van der Waals surface area contributed by atoms with Crippen LogP contribution in [0.25, 0.3) is 51.2 Å². The lowest BCUT2D eigenvalue weighted by atomic mass is 10.1. The van der Waals surface area contributed by atoms with Crippen molar-refractivity contribution in [3.8, 4) is 51.2 Å². The first-order valence-electron chi connectivity index (χ1n) is 12.4. The minimum atomic E-state index is 0.568. The van der Waals surface area contributed by atoms with Gasteiger partial charge in [0.2, 0.25) is 0 Å². The van der Waals surface area contributed by atoms with E-state index in [2.05, 4.69) is 15.3 Å². The van der Waals surface area contributed by atoms with Crippen molar-refractivity contribution in [2.45, 2.75) is 0 Å². The summed E-state index contributed by atoms with van der Waals surface area (Å²) in [6.45, 7) is 0. The Kier molecular flexibility index (Phi) is 5.56. The highest BCUT2D eigenvalue weighted by molar-refractivity contribution is 5.69. The van der Waals surface area contributed by atoms with Crippen LogP contribution in [0.15, 0.2) is 128 Å². The van der Waals surface area contributed by atoms with Crippen LogP contribution in [0, 0.1) is 0 Å². The normalized spacial score (nSPS) is 11.1. The van der Waals surface area contributed by atoms with Gasteiger partial charge in [-0.3, -0.25) is 0 Å². The molecule has 7 rings (SSSR count). The summed E-state index contributed by atoms with van der Waals surface area (Å²) in [6, 6.07) is 29.7. The van der Waals surface area contributed by atoms with E-state index in [0.717, 1.165) is 33.8 Å². The van der Waals surface area contributed by atoms with E-state index in [1.807, 2.05) is 124 Å². The van der Waals surface area contributed by atoms with Gasteiger partial charge >= 0.3 is 0 Å². The molecule has 0 bridgehead atoms. The molecular formula is C30H21N9. The van der Waals surface area contributed by atoms with Crippen LogP contribution in [0.1, 0.15) is 0 Å². The summed E-state index contributed by atoms with van der Waals surface area (Å²) in [7, 11) is 0. The minimum absolute atomic E-state index is 0.568. The summed E-state index contributed by atoms with van der Waals surface area (Å²) in [5.41, 5.74) is 5.34. The molecule has 9 nitrogen and oxygen atoms in total. The van der Waals surface area contributed by atoms with Crippen LogP contribution < -0.4 is 0 Å². The second kappa shape index (κ2) is 9.64. The first-order valence-corrected chi connectivity index (χ1v) is 12.4. The van der Waals surface area contributed by atoms with Gasteiger partial charge in [-0.2, -0.15) is 15.3 Å². The van der Waals surface area contributed by atoms with Crippen LogP contribution >= 0.6 is 0 Å². The third-order valence-corrected chi connectivity index (χ3v) is 6.26. The number of aromatic nitrogens is 9. The van der Waals surface area contributed by atoms with Gasteiger partial charge in [-0.25, -0.2) is 29.0 Å². The summed E-state index contributed by atoms with van der Waals surface area (Å²) in [4.78, 5) is 14.8. The maximum absolute atomic E-state index is 4.92. The first kappa shape index (κ1) is 22.5. The largest absolute Gasteiger partial charge is 0.241 e. The Balaban J connectivity index is 1.39. The zero-order chi connectivity index (χ0) is 26.0. The maximum Gasteiger partial charge on any atom is 0.164 e. The van der Waals surface area contributed by atoms with E-state index < -0.39 is 0 Å². The van der Waals surface area contributed by atoms with Gasteiger partial charge in [0, 0.05) is 53.9 Å². The van der Waals surface area contributed by atoms with Crippen LogP contribution in [0.3, 0.4) is 0 Å². The molecule has 4 heterocycles. The summed E-state index contributed by atoms with van der Waals surface area (Å²) in [5.74, 6) is 1.70. The van der Waals surface area contributed by atoms with E-state index in [9.17, 15) is 0 Å². The standard InChI is InChI=1S/C30H21N9/c1-7-22(19-25(10-1)37-16-4-13-31-37)28-34-29(23-8-2-11-26(20-23)38-17-5-14-32-38)36-30(35-28)24-9-3-12-27(21-24)39-18-6-15-33-39/h1-21H. The Hall–Kier alpha value is -5.70. The van der Waals surface area contributed by atoms with E-state index in [1.165, 1.54) is 0 Å². The average molecular weight is 508 g/mol. The molecule has 9 heteroatoms. The second-order valence-corrected chi connectivity index (χ2v) is 8.81. The van der Waals surface area contributed by atoms with Crippen LogP contribution in [0.2, 0.25) is 0 Å². The van der Waals surface area contributed by atoms with Crippen LogP contribution in [-0.4, -0.2) is 44.3 Å². The zero-order valence-electron chi connectivity index (χ0n) is 20.6. The fraction of sp³-hybridized carbons (Fsp3) is 0. The first-order chi connectivity index (χ1) is 19.3. The molecule has 0 aliphatic rings. The molecule has 0 saturated heterocycles. The molecule has 0 amide bonds. The number of benzene rings is 3. The van der Waals surface area contributed by atoms with E-state index in [4.69, 9.17) is 15.0 Å². The van der Waals surface area contributed by atoms with Gasteiger partial charge in [-0.15, -0.1) is 0 Å². The molecule has 0 aliphatic heterocycles. The third kappa shape index (κ3) is 4.49. The van der Waals surface area contributed by atoms with Gasteiger partial charge in [0.05, 0.1) is 17.1 Å². The summed E-state index contributed by atoms with van der Waals surface area (Å²) >= 11 is 0. The second-order valence-electron chi connectivity index (χ2n) is 8.81. The SMILES string of the molecule is c1cc(-c2nc(-c3cccc(-n4cccn4)c3)nc(-c3cccc(-n4cccn4)c3)n2)cc(-n2cccn2)c1. The van der Waals surface area contributed by atoms with E-state index >= 15 is 0 Å². The van der Waals surface area contributed by atoms with E-state index in [0.29, 0.717) is 17.5 Å². The zero-order valence-corrected chi connectivity index (χ0v) is 20.6. The highest BCUT2D eigenvalue weighted by Crippen LogP contribution is 2.27. The fourth-order valence-corrected chi connectivity index (χ4v) is 4.39. The Morgan fingerprint density at radius 2 is 0.718 bits per heavy atom. The highest BCUT2D eigenvalue weighted by atomic mass is 15.3. The Labute approximate surface area is 223 Å². The predicted octanol–water partition coefficient (Wildman–Crippen LogP) is 5.43. The van der Waals surface area contributed by atoms with Gasteiger partial charge in [0.25, 0.3) is 0 Å². The summed E-state index contributed by atoms with van der Waals surface area (Å²) in [6.07, 6.45) is 11.0.